The molecule has 1 unspecified atom stereocenters. The van der Waals surface area contributed by atoms with Crippen molar-refractivity contribution in [2.75, 3.05) is 13.6 Å². The lowest BCUT2D eigenvalue weighted by Crippen LogP contribution is -2.36. The molecule has 0 radical (unpaired) electrons. The molecule has 0 spiro atoms. The number of para-hydroxylation sites is 1. The summed E-state index contributed by atoms with van der Waals surface area (Å²) in [5.41, 5.74) is 2.28. The van der Waals surface area contributed by atoms with Crippen molar-refractivity contribution in [1.82, 2.24) is 9.47 Å². The number of likely N-dealkylation sites (tertiary alicyclic amines) is 1. The number of hydrogen-bond acceptors (Lipinski definition) is 2. The van der Waals surface area contributed by atoms with Crippen LogP contribution in [0.2, 0.25) is 0 Å². The average molecular weight is 272 g/mol. The highest BCUT2D eigenvalue weighted by Gasteiger charge is 2.18. The summed E-state index contributed by atoms with van der Waals surface area (Å²) < 4.78 is 2.31. The zero-order valence-electron chi connectivity index (χ0n) is 12.3. The molecule has 1 N–H and O–H groups in total. The number of benzene rings is 1. The Bertz CT molecular complexity index is 575. The largest absolute Gasteiger partial charge is 0.392 e. The molecule has 2 aromatic rings. The molecule has 20 heavy (non-hydrogen) atoms. The molecule has 3 nitrogen and oxygen atoms in total. The Morgan fingerprint density at radius 1 is 1.25 bits per heavy atom. The van der Waals surface area contributed by atoms with Gasteiger partial charge in [0, 0.05) is 35.2 Å². The predicted molar refractivity (Wildman–Crippen MR) is 82.7 cm³/mol. The summed E-state index contributed by atoms with van der Waals surface area (Å²) in [7, 11) is 2.25. The summed E-state index contributed by atoms with van der Waals surface area (Å²) in [5.74, 6) is 0. The Morgan fingerprint density at radius 2 is 2.10 bits per heavy atom. The molecule has 1 atom stereocenters. The number of piperidine rings is 1. The van der Waals surface area contributed by atoms with Gasteiger partial charge in [-0.3, -0.25) is 0 Å². The van der Waals surface area contributed by atoms with Crippen LogP contribution in [-0.2, 0) is 13.2 Å². The standard InChI is InChI=1S/C17H24N2O/c1-18-10-5-4-6-15(18)9-11-19-12-14(13-20)16-7-2-3-8-17(16)19/h2-3,7-8,12,15,20H,4-6,9-11,13H2,1H3. The van der Waals surface area contributed by atoms with Crippen molar-refractivity contribution in [2.24, 2.45) is 0 Å². The van der Waals surface area contributed by atoms with Crippen LogP contribution in [0.25, 0.3) is 10.9 Å². The summed E-state index contributed by atoms with van der Waals surface area (Å²) in [6.07, 6.45) is 7.34. The van der Waals surface area contributed by atoms with E-state index in [-0.39, 0.29) is 6.61 Å². The fourth-order valence-electron chi connectivity index (χ4n) is 3.43. The Morgan fingerprint density at radius 3 is 2.90 bits per heavy atom. The number of rotatable bonds is 4. The molecule has 0 amide bonds. The van der Waals surface area contributed by atoms with Crippen molar-refractivity contribution in [1.29, 1.82) is 0 Å². The van der Waals surface area contributed by atoms with Crippen LogP contribution in [0.4, 0.5) is 0 Å². The highest BCUT2D eigenvalue weighted by atomic mass is 16.3. The lowest BCUT2D eigenvalue weighted by atomic mass is 10.0. The lowest BCUT2D eigenvalue weighted by molar-refractivity contribution is 0.171. The highest BCUT2D eigenvalue weighted by molar-refractivity contribution is 5.83. The molecule has 3 rings (SSSR count). The maximum Gasteiger partial charge on any atom is 0.0702 e. The monoisotopic (exact) mass is 272 g/mol. The van der Waals surface area contributed by atoms with E-state index in [1.807, 2.05) is 6.07 Å². The molecule has 1 aromatic heterocycles. The van der Waals surface area contributed by atoms with E-state index in [0.717, 1.165) is 12.1 Å². The van der Waals surface area contributed by atoms with Crippen LogP contribution in [0, 0.1) is 0 Å². The van der Waals surface area contributed by atoms with Gasteiger partial charge in [-0.2, -0.15) is 0 Å². The van der Waals surface area contributed by atoms with Gasteiger partial charge in [-0.1, -0.05) is 24.6 Å². The van der Waals surface area contributed by atoms with Crippen LogP contribution in [0.5, 0.6) is 0 Å². The number of aliphatic hydroxyl groups excluding tert-OH is 1. The van der Waals surface area contributed by atoms with E-state index in [2.05, 4.69) is 40.9 Å². The maximum absolute atomic E-state index is 9.49. The van der Waals surface area contributed by atoms with Gasteiger partial charge in [-0.05, 0) is 38.9 Å². The highest BCUT2D eigenvalue weighted by Crippen LogP contribution is 2.23. The molecule has 0 aliphatic carbocycles. The SMILES string of the molecule is CN1CCCCC1CCn1cc(CO)c2ccccc21. The molecular weight excluding hydrogens is 248 g/mol. The number of aliphatic hydroxyl groups is 1. The van der Waals surface area contributed by atoms with Crippen LogP contribution >= 0.6 is 0 Å². The third-order valence-corrected chi connectivity index (χ3v) is 4.67. The first-order valence-corrected chi connectivity index (χ1v) is 7.67. The molecule has 0 bridgehead atoms. The van der Waals surface area contributed by atoms with Crippen molar-refractivity contribution in [3.63, 3.8) is 0 Å². The van der Waals surface area contributed by atoms with E-state index < -0.39 is 0 Å². The Hall–Kier alpha value is -1.32. The predicted octanol–water partition coefficient (Wildman–Crippen LogP) is 3.01. The van der Waals surface area contributed by atoms with Gasteiger partial charge < -0.3 is 14.6 Å². The normalized spacial score (nSPS) is 20.6. The van der Waals surface area contributed by atoms with Crippen LogP contribution in [0.15, 0.2) is 30.5 Å². The van der Waals surface area contributed by atoms with Crippen LogP contribution in [0.3, 0.4) is 0 Å². The second kappa shape index (κ2) is 5.98. The van der Waals surface area contributed by atoms with Crippen molar-refractivity contribution >= 4 is 10.9 Å². The van der Waals surface area contributed by atoms with Gasteiger partial charge in [0.25, 0.3) is 0 Å². The third kappa shape index (κ3) is 2.60. The Balaban J connectivity index is 1.77. The second-order valence-corrected chi connectivity index (χ2v) is 5.94. The van der Waals surface area contributed by atoms with Crippen molar-refractivity contribution in [3.8, 4) is 0 Å². The lowest BCUT2D eigenvalue weighted by Gasteiger charge is -2.32. The quantitative estimate of drug-likeness (QED) is 0.926. The summed E-state index contributed by atoms with van der Waals surface area (Å²) in [6, 6.07) is 9.08. The number of hydrogen-bond donors (Lipinski definition) is 1. The molecule has 1 aliphatic rings. The molecule has 1 aromatic carbocycles. The summed E-state index contributed by atoms with van der Waals surface area (Å²) in [4.78, 5) is 2.50. The van der Waals surface area contributed by atoms with Crippen LogP contribution < -0.4 is 0 Å². The minimum atomic E-state index is 0.122. The Labute approximate surface area is 120 Å². The fraction of sp³-hybridized carbons (Fsp3) is 0.529. The summed E-state index contributed by atoms with van der Waals surface area (Å²) in [5, 5.41) is 10.7. The van der Waals surface area contributed by atoms with E-state index in [9.17, 15) is 5.11 Å². The second-order valence-electron chi connectivity index (χ2n) is 5.94. The summed E-state index contributed by atoms with van der Waals surface area (Å²) >= 11 is 0. The average Bonchev–Trinajstić information content (AvgIpc) is 2.85. The first kappa shape index (κ1) is 13.7. The van der Waals surface area contributed by atoms with Crippen LogP contribution in [0.1, 0.15) is 31.2 Å². The number of fused-ring (bicyclic) bond motifs is 1. The Kier molecular flexibility index (Phi) is 4.08. The minimum absolute atomic E-state index is 0.122. The topological polar surface area (TPSA) is 28.4 Å². The van der Waals surface area contributed by atoms with Gasteiger partial charge in [0.05, 0.1) is 6.61 Å². The molecule has 0 saturated carbocycles. The van der Waals surface area contributed by atoms with E-state index in [4.69, 9.17) is 0 Å². The van der Waals surface area contributed by atoms with E-state index in [0.29, 0.717) is 6.04 Å². The van der Waals surface area contributed by atoms with E-state index in [1.54, 1.807) is 0 Å². The third-order valence-electron chi connectivity index (χ3n) is 4.67. The molecule has 3 heteroatoms. The molecule has 1 aliphatic heterocycles. The zero-order valence-corrected chi connectivity index (χ0v) is 12.3. The van der Waals surface area contributed by atoms with Gasteiger partial charge in [0.2, 0.25) is 0 Å². The van der Waals surface area contributed by atoms with E-state index >= 15 is 0 Å². The van der Waals surface area contributed by atoms with Crippen molar-refractivity contribution in [3.05, 3.63) is 36.0 Å². The smallest absolute Gasteiger partial charge is 0.0702 e. The van der Waals surface area contributed by atoms with Crippen molar-refractivity contribution < 1.29 is 5.11 Å². The molecule has 1 fully saturated rings. The maximum atomic E-state index is 9.49. The van der Waals surface area contributed by atoms with Gasteiger partial charge in [-0.25, -0.2) is 0 Å². The van der Waals surface area contributed by atoms with E-state index in [1.165, 1.54) is 43.1 Å². The van der Waals surface area contributed by atoms with Crippen LogP contribution in [-0.4, -0.2) is 34.2 Å². The summed E-state index contributed by atoms with van der Waals surface area (Å²) in [6.45, 7) is 2.39. The van der Waals surface area contributed by atoms with Gasteiger partial charge in [0.1, 0.15) is 0 Å². The number of aromatic nitrogens is 1. The fourth-order valence-corrected chi connectivity index (χ4v) is 3.43. The molecule has 2 heterocycles. The van der Waals surface area contributed by atoms with Gasteiger partial charge in [-0.15, -0.1) is 0 Å². The molecular formula is C17H24N2O. The molecule has 108 valence electrons. The van der Waals surface area contributed by atoms with Gasteiger partial charge >= 0.3 is 0 Å². The van der Waals surface area contributed by atoms with Crippen molar-refractivity contribution in [2.45, 2.75) is 44.9 Å². The van der Waals surface area contributed by atoms with Gasteiger partial charge in [0.15, 0.2) is 0 Å². The number of nitrogens with zero attached hydrogens (tertiary/aromatic N) is 2. The molecule has 1 saturated heterocycles. The zero-order chi connectivity index (χ0) is 13.9. The minimum Gasteiger partial charge on any atom is -0.392 e. The first-order valence-electron chi connectivity index (χ1n) is 7.67. The first-order chi connectivity index (χ1) is 9.79. The number of aryl methyl sites for hydroxylation is 1.